The van der Waals surface area contributed by atoms with Crippen LogP contribution in [0.1, 0.15) is 18.1 Å². The predicted molar refractivity (Wildman–Crippen MR) is 72.7 cm³/mol. The van der Waals surface area contributed by atoms with Crippen molar-refractivity contribution >= 4 is 18.3 Å². The summed E-state index contributed by atoms with van der Waals surface area (Å²) in [5.74, 6) is -0.232. The summed E-state index contributed by atoms with van der Waals surface area (Å²) in [5, 5.41) is 13.2. The molecule has 0 saturated carbocycles. The Morgan fingerprint density at radius 1 is 1.44 bits per heavy atom. The second-order valence-corrected chi connectivity index (χ2v) is 4.41. The third-order valence-corrected chi connectivity index (χ3v) is 3.28. The van der Waals surface area contributed by atoms with Crippen LogP contribution in [0.25, 0.3) is 0 Å². The van der Waals surface area contributed by atoms with E-state index >= 15 is 0 Å². The van der Waals surface area contributed by atoms with E-state index in [-0.39, 0.29) is 24.4 Å². The molecule has 2 atom stereocenters. The third-order valence-electron chi connectivity index (χ3n) is 3.28. The maximum atomic E-state index is 12.1. The number of likely N-dealkylation sites (N-methyl/N-ethyl adjacent to an activating group) is 1. The van der Waals surface area contributed by atoms with Crippen LogP contribution in [0.4, 0.5) is 0 Å². The fourth-order valence-electron chi connectivity index (χ4n) is 2.12. The number of halogens is 1. The van der Waals surface area contributed by atoms with Gasteiger partial charge in [0.05, 0.1) is 0 Å². The summed E-state index contributed by atoms with van der Waals surface area (Å²) < 4.78 is 0. The van der Waals surface area contributed by atoms with Crippen LogP contribution in [0.2, 0.25) is 0 Å². The van der Waals surface area contributed by atoms with Gasteiger partial charge in [-0.2, -0.15) is 0 Å². The first-order valence-electron chi connectivity index (χ1n) is 5.90. The van der Waals surface area contributed by atoms with Gasteiger partial charge in [-0.25, -0.2) is 0 Å². The van der Waals surface area contributed by atoms with E-state index in [0.29, 0.717) is 5.56 Å². The van der Waals surface area contributed by atoms with Gasteiger partial charge in [-0.1, -0.05) is 30.3 Å². The molecule has 0 spiro atoms. The summed E-state index contributed by atoms with van der Waals surface area (Å²) in [7, 11) is 1.76. The van der Waals surface area contributed by atoms with E-state index in [0.717, 1.165) is 19.5 Å². The number of amides is 1. The lowest BCUT2D eigenvalue weighted by Crippen LogP contribution is -2.41. The van der Waals surface area contributed by atoms with Crippen LogP contribution < -0.4 is 5.32 Å². The zero-order chi connectivity index (χ0) is 12.3. The summed E-state index contributed by atoms with van der Waals surface area (Å²) in [4.78, 5) is 13.7. The molecular formula is C13H19ClN2O2. The standard InChI is InChI=1S/C13H18N2O2.ClH/c1-15(11-7-8-14-9-11)13(17)12(16)10-5-3-2-4-6-10;/h2-6,11-12,14,16H,7-9H2,1H3;1H. The molecule has 0 aliphatic carbocycles. The van der Waals surface area contributed by atoms with Crippen LogP contribution in [0.15, 0.2) is 30.3 Å². The molecule has 18 heavy (non-hydrogen) atoms. The van der Waals surface area contributed by atoms with Gasteiger partial charge in [0, 0.05) is 19.6 Å². The minimum atomic E-state index is -1.05. The van der Waals surface area contributed by atoms with Crippen molar-refractivity contribution in [3.8, 4) is 0 Å². The number of nitrogens with zero attached hydrogens (tertiary/aromatic N) is 1. The van der Waals surface area contributed by atoms with Crippen molar-refractivity contribution in [3.05, 3.63) is 35.9 Å². The average molecular weight is 271 g/mol. The van der Waals surface area contributed by atoms with E-state index in [1.54, 1.807) is 24.1 Å². The molecule has 5 heteroatoms. The molecule has 4 nitrogen and oxygen atoms in total. The maximum Gasteiger partial charge on any atom is 0.256 e. The fraction of sp³-hybridized carbons (Fsp3) is 0.462. The highest BCUT2D eigenvalue weighted by Crippen LogP contribution is 2.17. The molecule has 1 fully saturated rings. The second-order valence-electron chi connectivity index (χ2n) is 4.41. The van der Waals surface area contributed by atoms with E-state index in [9.17, 15) is 9.90 Å². The number of carbonyl (C=O) groups is 1. The number of hydrogen-bond donors (Lipinski definition) is 2. The normalized spacial score (nSPS) is 20.0. The number of aliphatic hydroxyl groups is 1. The molecule has 1 saturated heterocycles. The van der Waals surface area contributed by atoms with Crippen molar-refractivity contribution in [1.82, 2.24) is 10.2 Å². The molecule has 0 bridgehead atoms. The van der Waals surface area contributed by atoms with Gasteiger partial charge >= 0.3 is 0 Å². The number of rotatable bonds is 3. The van der Waals surface area contributed by atoms with Crippen LogP contribution in [-0.2, 0) is 4.79 Å². The highest BCUT2D eigenvalue weighted by atomic mass is 35.5. The Hall–Kier alpha value is -1.10. The smallest absolute Gasteiger partial charge is 0.256 e. The van der Waals surface area contributed by atoms with E-state index in [2.05, 4.69) is 5.32 Å². The molecule has 0 aromatic heterocycles. The van der Waals surface area contributed by atoms with Crippen molar-refractivity contribution in [3.63, 3.8) is 0 Å². The summed E-state index contributed by atoms with van der Waals surface area (Å²) in [6.45, 7) is 1.74. The number of hydrogen-bond acceptors (Lipinski definition) is 3. The summed E-state index contributed by atoms with van der Waals surface area (Å²) in [5.41, 5.74) is 0.648. The Bertz CT molecular complexity index is 380. The zero-order valence-corrected chi connectivity index (χ0v) is 11.2. The van der Waals surface area contributed by atoms with Crippen LogP contribution in [0, 0.1) is 0 Å². The van der Waals surface area contributed by atoms with Gasteiger partial charge in [0.25, 0.3) is 5.91 Å². The highest BCUT2D eigenvalue weighted by Gasteiger charge is 2.28. The van der Waals surface area contributed by atoms with Gasteiger partial charge in [0.15, 0.2) is 6.10 Å². The van der Waals surface area contributed by atoms with Crippen molar-refractivity contribution in [1.29, 1.82) is 0 Å². The van der Waals surface area contributed by atoms with Crippen molar-refractivity contribution in [2.24, 2.45) is 0 Å². The van der Waals surface area contributed by atoms with Gasteiger partial charge in [0.2, 0.25) is 0 Å². The Labute approximate surface area is 113 Å². The Kier molecular flexibility index (Phi) is 5.59. The fourth-order valence-corrected chi connectivity index (χ4v) is 2.12. The van der Waals surface area contributed by atoms with Gasteiger partial charge < -0.3 is 15.3 Å². The average Bonchev–Trinajstić information content (AvgIpc) is 2.91. The molecule has 1 heterocycles. The van der Waals surface area contributed by atoms with Crippen LogP contribution in [0.5, 0.6) is 0 Å². The molecule has 1 aliphatic rings. The monoisotopic (exact) mass is 270 g/mol. The number of carbonyl (C=O) groups excluding carboxylic acids is 1. The van der Waals surface area contributed by atoms with Crippen molar-refractivity contribution in [2.75, 3.05) is 20.1 Å². The molecule has 2 rings (SSSR count). The van der Waals surface area contributed by atoms with Crippen LogP contribution in [-0.4, -0.2) is 42.1 Å². The largest absolute Gasteiger partial charge is 0.378 e. The van der Waals surface area contributed by atoms with E-state index < -0.39 is 6.10 Å². The lowest BCUT2D eigenvalue weighted by atomic mass is 10.1. The number of benzene rings is 1. The minimum Gasteiger partial charge on any atom is -0.378 e. The van der Waals surface area contributed by atoms with Gasteiger partial charge in [0.1, 0.15) is 0 Å². The molecule has 1 aromatic carbocycles. The summed E-state index contributed by atoms with van der Waals surface area (Å²) in [6.07, 6.45) is -0.106. The molecule has 0 radical (unpaired) electrons. The van der Waals surface area contributed by atoms with Crippen molar-refractivity contribution < 1.29 is 9.90 Å². The predicted octanol–water partition coefficient (Wildman–Crippen LogP) is 0.962. The third kappa shape index (κ3) is 3.22. The van der Waals surface area contributed by atoms with Gasteiger partial charge in [-0.15, -0.1) is 12.4 Å². The molecule has 1 aromatic rings. The minimum absolute atomic E-state index is 0. The SMILES string of the molecule is CN(C(=O)C(O)c1ccccc1)C1CCNC1.Cl. The molecular weight excluding hydrogens is 252 g/mol. The van der Waals surface area contributed by atoms with Gasteiger partial charge in [-0.3, -0.25) is 4.79 Å². The summed E-state index contributed by atoms with van der Waals surface area (Å²) >= 11 is 0. The van der Waals surface area contributed by atoms with Crippen LogP contribution >= 0.6 is 12.4 Å². The molecule has 1 aliphatic heterocycles. The molecule has 2 N–H and O–H groups in total. The first kappa shape index (κ1) is 15.0. The van der Waals surface area contributed by atoms with E-state index in [1.165, 1.54) is 0 Å². The highest BCUT2D eigenvalue weighted by molar-refractivity contribution is 5.85. The van der Waals surface area contributed by atoms with Crippen molar-refractivity contribution in [2.45, 2.75) is 18.6 Å². The maximum absolute atomic E-state index is 12.1. The lowest BCUT2D eigenvalue weighted by molar-refractivity contribution is -0.141. The van der Waals surface area contributed by atoms with E-state index in [1.807, 2.05) is 18.2 Å². The first-order valence-corrected chi connectivity index (χ1v) is 5.90. The van der Waals surface area contributed by atoms with Crippen LogP contribution in [0.3, 0.4) is 0 Å². The first-order chi connectivity index (χ1) is 8.20. The summed E-state index contributed by atoms with van der Waals surface area (Å²) in [6, 6.07) is 9.24. The quantitative estimate of drug-likeness (QED) is 0.860. The number of nitrogens with one attached hydrogen (secondary N) is 1. The van der Waals surface area contributed by atoms with Gasteiger partial charge in [-0.05, 0) is 18.5 Å². The zero-order valence-electron chi connectivity index (χ0n) is 10.4. The molecule has 2 unspecified atom stereocenters. The topological polar surface area (TPSA) is 52.6 Å². The second kappa shape index (κ2) is 6.73. The lowest BCUT2D eigenvalue weighted by Gasteiger charge is -2.26. The molecule has 100 valence electrons. The molecule has 1 amide bonds. The number of aliphatic hydroxyl groups excluding tert-OH is 1. The van der Waals surface area contributed by atoms with E-state index in [4.69, 9.17) is 0 Å². The Morgan fingerprint density at radius 2 is 2.11 bits per heavy atom. The Balaban J connectivity index is 0.00000162. The Morgan fingerprint density at radius 3 is 2.67 bits per heavy atom.